The zero-order valence-electron chi connectivity index (χ0n) is 13.1. The summed E-state index contributed by atoms with van der Waals surface area (Å²) < 4.78 is 5.47. The Kier molecular flexibility index (Phi) is 8.82. The number of ether oxygens (including phenoxy) is 1. The Hall–Kier alpha value is -0.650. The van der Waals surface area contributed by atoms with Gasteiger partial charge in [-0.15, -0.1) is 0 Å². The van der Waals surface area contributed by atoms with E-state index in [1.165, 1.54) is 6.42 Å². The van der Waals surface area contributed by atoms with Crippen LogP contribution in [0, 0.1) is 11.8 Å². The van der Waals surface area contributed by atoms with Gasteiger partial charge in [0.15, 0.2) is 0 Å². The second-order valence-electron chi connectivity index (χ2n) is 6.01. The number of hydrogen-bond donors (Lipinski definition) is 2. The van der Waals surface area contributed by atoms with Crippen molar-refractivity contribution in [3.63, 3.8) is 0 Å². The third-order valence-electron chi connectivity index (χ3n) is 3.96. The van der Waals surface area contributed by atoms with E-state index in [-0.39, 0.29) is 11.8 Å². The molecule has 1 saturated carbocycles. The van der Waals surface area contributed by atoms with Gasteiger partial charge in [-0.2, -0.15) is 0 Å². The van der Waals surface area contributed by atoms with Crippen molar-refractivity contribution in [3.05, 3.63) is 0 Å². The van der Waals surface area contributed by atoms with Crippen molar-refractivity contribution < 1.29 is 9.53 Å². The lowest BCUT2D eigenvalue weighted by molar-refractivity contribution is -0.126. The molecule has 1 aliphatic rings. The van der Waals surface area contributed by atoms with Gasteiger partial charge in [0.1, 0.15) is 0 Å². The highest BCUT2D eigenvalue weighted by Crippen LogP contribution is 2.30. The van der Waals surface area contributed by atoms with Gasteiger partial charge in [0.25, 0.3) is 0 Å². The Morgan fingerprint density at radius 3 is 2.85 bits per heavy atom. The highest BCUT2D eigenvalue weighted by molar-refractivity contribution is 5.78. The highest BCUT2D eigenvalue weighted by atomic mass is 16.5. The first-order valence-corrected chi connectivity index (χ1v) is 7.83. The molecule has 2 atom stereocenters. The third kappa shape index (κ3) is 7.22. The summed E-state index contributed by atoms with van der Waals surface area (Å²) in [6, 6.07) is 0. The Labute approximate surface area is 123 Å². The Morgan fingerprint density at radius 2 is 2.15 bits per heavy atom. The fourth-order valence-electron chi connectivity index (χ4n) is 2.77. The molecule has 5 nitrogen and oxygen atoms in total. The van der Waals surface area contributed by atoms with Crippen molar-refractivity contribution in [3.8, 4) is 0 Å². The fourth-order valence-corrected chi connectivity index (χ4v) is 2.77. The second kappa shape index (κ2) is 10.1. The molecule has 20 heavy (non-hydrogen) atoms. The summed E-state index contributed by atoms with van der Waals surface area (Å²) >= 11 is 0. The topological polar surface area (TPSA) is 67.6 Å². The standard InChI is InChI=1S/C15H31N3O2/c1-18(2)9-11-20-10-8-17-15(19)14-5-3-4-13(12-14)6-7-16/h13-14H,3-12,16H2,1-2H3,(H,17,19). The molecule has 3 N–H and O–H groups in total. The summed E-state index contributed by atoms with van der Waals surface area (Å²) in [4.78, 5) is 14.2. The number of rotatable bonds is 9. The fraction of sp³-hybridized carbons (Fsp3) is 0.933. The van der Waals surface area contributed by atoms with Gasteiger partial charge in [-0.25, -0.2) is 0 Å². The van der Waals surface area contributed by atoms with Crippen LogP contribution in [0.25, 0.3) is 0 Å². The van der Waals surface area contributed by atoms with Crippen LogP contribution in [-0.2, 0) is 9.53 Å². The number of carbonyl (C=O) groups excluding carboxylic acids is 1. The van der Waals surface area contributed by atoms with E-state index in [0.717, 1.165) is 38.8 Å². The first-order valence-electron chi connectivity index (χ1n) is 7.83. The van der Waals surface area contributed by atoms with E-state index < -0.39 is 0 Å². The van der Waals surface area contributed by atoms with E-state index in [4.69, 9.17) is 10.5 Å². The van der Waals surface area contributed by atoms with Gasteiger partial charge in [0.05, 0.1) is 13.2 Å². The average Bonchev–Trinajstić information content (AvgIpc) is 2.43. The largest absolute Gasteiger partial charge is 0.378 e. The van der Waals surface area contributed by atoms with E-state index in [1.807, 2.05) is 14.1 Å². The van der Waals surface area contributed by atoms with Gasteiger partial charge in [0.2, 0.25) is 5.91 Å². The zero-order chi connectivity index (χ0) is 14.8. The van der Waals surface area contributed by atoms with Crippen LogP contribution in [-0.4, -0.2) is 57.8 Å². The molecule has 0 radical (unpaired) electrons. The summed E-state index contributed by atoms with van der Waals surface area (Å²) in [6.45, 7) is 3.57. The number of carbonyl (C=O) groups is 1. The molecule has 0 saturated heterocycles. The van der Waals surface area contributed by atoms with Crippen LogP contribution in [0.2, 0.25) is 0 Å². The van der Waals surface area contributed by atoms with Gasteiger partial charge in [0, 0.05) is 19.0 Å². The molecular formula is C15H31N3O2. The van der Waals surface area contributed by atoms with Crippen molar-refractivity contribution >= 4 is 5.91 Å². The molecule has 0 aliphatic heterocycles. The van der Waals surface area contributed by atoms with Crippen molar-refractivity contribution in [2.45, 2.75) is 32.1 Å². The summed E-state index contributed by atoms with van der Waals surface area (Å²) in [5, 5.41) is 2.99. The van der Waals surface area contributed by atoms with Gasteiger partial charge in [-0.05, 0) is 45.8 Å². The minimum atomic E-state index is 0.182. The lowest BCUT2D eigenvalue weighted by atomic mass is 9.79. The quantitative estimate of drug-likeness (QED) is 0.616. The van der Waals surface area contributed by atoms with E-state index in [9.17, 15) is 4.79 Å². The predicted molar refractivity (Wildman–Crippen MR) is 81.5 cm³/mol. The van der Waals surface area contributed by atoms with Crippen LogP contribution in [0.15, 0.2) is 0 Å². The number of nitrogens with two attached hydrogens (primary N) is 1. The molecule has 0 heterocycles. The van der Waals surface area contributed by atoms with E-state index in [0.29, 0.717) is 25.7 Å². The molecule has 1 aliphatic carbocycles. The maximum atomic E-state index is 12.1. The van der Waals surface area contributed by atoms with Crippen molar-refractivity contribution in [2.24, 2.45) is 17.6 Å². The molecule has 1 rings (SSSR count). The first-order chi connectivity index (χ1) is 9.63. The summed E-state index contributed by atoms with van der Waals surface area (Å²) in [7, 11) is 4.04. The Balaban J connectivity index is 2.09. The van der Waals surface area contributed by atoms with E-state index >= 15 is 0 Å². The smallest absolute Gasteiger partial charge is 0.223 e. The lowest BCUT2D eigenvalue weighted by Gasteiger charge is -2.28. The first kappa shape index (κ1) is 17.4. The molecule has 5 heteroatoms. The molecule has 0 aromatic rings. The number of amides is 1. The zero-order valence-corrected chi connectivity index (χ0v) is 13.1. The molecule has 118 valence electrons. The number of hydrogen-bond acceptors (Lipinski definition) is 4. The predicted octanol–water partition coefficient (Wildman–Crippen LogP) is 0.836. The van der Waals surface area contributed by atoms with Crippen LogP contribution in [0.4, 0.5) is 0 Å². The molecular weight excluding hydrogens is 254 g/mol. The molecule has 0 bridgehead atoms. The molecule has 0 spiro atoms. The van der Waals surface area contributed by atoms with Gasteiger partial charge >= 0.3 is 0 Å². The highest BCUT2D eigenvalue weighted by Gasteiger charge is 2.26. The Morgan fingerprint density at radius 1 is 1.35 bits per heavy atom. The average molecular weight is 285 g/mol. The number of nitrogens with zero attached hydrogens (tertiary/aromatic N) is 1. The molecule has 1 fully saturated rings. The van der Waals surface area contributed by atoms with Crippen LogP contribution < -0.4 is 11.1 Å². The number of likely N-dealkylation sites (N-methyl/N-ethyl adjacent to an activating group) is 1. The second-order valence-corrected chi connectivity index (χ2v) is 6.01. The minimum Gasteiger partial charge on any atom is -0.378 e. The van der Waals surface area contributed by atoms with Crippen molar-refractivity contribution in [1.82, 2.24) is 10.2 Å². The van der Waals surface area contributed by atoms with Crippen LogP contribution in [0.5, 0.6) is 0 Å². The Bertz CT molecular complexity index is 270. The van der Waals surface area contributed by atoms with Crippen molar-refractivity contribution in [2.75, 3.05) is 46.9 Å². The van der Waals surface area contributed by atoms with Crippen LogP contribution in [0.1, 0.15) is 32.1 Å². The maximum Gasteiger partial charge on any atom is 0.223 e. The van der Waals surface area contributed by atoms with E-state index in [1.54, 1.807) is 0 Å². The minimum absolute atomic E-state index is 0.182. The third-order valence-corrected chi connectivity index (χ3v) is 3.96. The SMILES string of the molecule is CN(C)CCOCCNC(=O)C1CCCC(CCN)C1. The monoisotopic (exact) mass is 285 g/mol. The maximum absolute atomic E-state index is 12.1. The summed E-state index contributed by atoms with van der Waals surface area (Å²) in [5.41, 5.74) is 5.61. The van der Waals surface area contributed by atoms with Gasteiger partial charge < -0.3 is 20.7 Å². The van der Waals surface area contributed by atoms with Crippen molar-refractivity contribution in [1.29, 1.82) is 0 Å². The summed E-state index contributed by atoms with van der Waals surface area (Å²) in [5.74, 6) is 1.02. The molecule has 0 aromatic carbocycles. The van der Waals surface area contributed by atoms with Crippen LogP contribution in [0.3, 0.4) is 0 Å². The lowest BCUT2D eigenvalue weighted by Crippen LogP contribution is -2.36. The summed E-state index contributed by atoms with van der Waals surface area (Å²) in [6.07, 6.45) is 5.47. The molecule has 1 amide bonds. The van der Waals surface area contributed by atoms with E-state index in [2.05, 4.69) is 10.2 Å². The molecule has 2 unspecified atom stereocenters. The van der Waals surface area contributed by atoms with Gasteiger partial charge in [-0.1, -0.05) is 12.8 Å². The molecule has 0 aromatic heterocycles. The van der Waals surface area contributed by atoms with Crippen LogP contribution >= 0.6 is 0 Å². The van der Waals surface area contributed by atoms with Gasteiger partial charge in [-0.3, -0.25) is 4.79 Å². The normalized spacial score (nSPS) is 23.0. The number of nitrogens with one attached hydrogen (secondary N) is 1.